The van der Waals surface area contributed by atoms with E-state index >= 15 is 0 Å². The van der Waals surface area contributed by atoms with Gasteiger partial charge in [0, 0.05) is 0 Å². The topological polar surface area (TPSA) is 133 Å². The highest BCUT2D eigenvalue weighted by Crippen LogP contribution is 2.45. The number of alkyl halides is 1. The molecule has 0 radical (unpaired) electrons. The fourth-order valence-corrected chi connectivity index (χ4v) is 4.84. The fourth-order valence-electron chi connectivity index (χ4n) is 3.20. The summed E-state index contributed by atoms with van der Waals surface area (Å²) in [4.78, 5) is 37.1. The molecule has 5 unspecified atom stereocenters. The van der Waals surface area contributed by atoms with Crippen LogP contribution < -0.4 is 5.73 Å². The van der Waals surface area contributed by atoms with Crippen molar-refractivity contribution in [3.63, 3.8) is 0 Å². The summed E-state index contributed by atoms with van der Waals surface area (Å²) >= 11 is 3.28. The van der Waals surface area contributed by atoms with Crippen LogP contribution in [0.15, 0.2) is 0 Å². The molecule has 3 amide bonds. The molecule has 3 fully saturated rings. The molecular weight excluding hydrogens is 420 g/mol. The smallest absolute Gasteiger partial charge is 0.417 e. The first-order chi connectivity index (χ1) is 11.2. The SMILES string of the molecule is CC(C)(C)OC(=O)N1C(=O)C2CC(C(N)=O)C1C(OS(C)(=O)=O)C2Br. The van der Waals surface area contributed by atoms with Gasteiger partial charge in [-0.25, -0.2) is 9.69 Å². The van der Waals surface area contributed by atoms with Crippen molar-refractivity contribution < 1.29 is 31.7 Å². The van der Waals surface area contributed by atoms with Crippen LogP contribution in [0.3, 0.4) is 0 Å². The highest BCUT2D eigenvalue weighted by molar-refractivity contribution is 9.09. The van der Waals surface area contributed by atoms with Gasteiger partial charge in [-0.2, -0.15) is 8.42 Å². The maximum Gasteiger partial charge on any atom is 0.417 e. The lowest BCUT2D eigenvalue weighted by atomic mass is 9.70. The Bertz CT molecular complexity index is 702. The van der Waals surface area contributed by atoms with Crippen molar-refractivity contribution in [1.29, 1.82) is 0 Å². The molecule has 5 atom stereocenters. The molecule has 0 aromatic rings. The third-order valence-corrected chi connectivity index (χ3v) is 5.78. The predicted octanol–water partition coefficient (Wildman–Crippen LogP) is 0.362. The first-order valence-corrected chi connectivity index (χ1v) is 10.3. The molecule has 3 aliphatic rings. The first-order valence-electron chi connectivity index (χ1n) is 7.60. The number of rotatable bonds is 3. The van der Waals surface area contributed by atoms with E-state index in [2.05, 4.69) is 15.9 Å². The fraction of sp³-hybridized carbons (Fsp3) is 0.786. The van der Waals surface area contributed by atoms with Crippen LogP contribution in [0, 0.1) is 11.8 Å². The molecule has 2 saturated heterocycles. The summed E-state index contributed by atoms with van der Waals surface area (Å²) in [5, 5.41) is 0. The second-order valence-corrected chi connectivity index (χ2v) is 9.90. The molecule has 0 aromatic carbocycles. The zero-order valence-corrected chi connectivity index (χ0v) is 16.7. The van der Waals surface area contributed by atoms with Gasteiger partial charge in [0.2, 0.25) is 11.8 Å². The summed E-state index contributed by atoms with van der Waals surface area (Å²) in [5.41, 5.74) is 4.53. The number of nitrogens with zero attached hydrogens (tertiary/aromatic N) is 1. The number of primary amides is 1. The second kappa shape index (κ2) is 6.51. The van der Waals surface area contributed by atoms with Gasteiger partial charge in [-0.05, 0) is 27.2 Å². The van der Waals surface area contributed by atoms with E-state index in [9.17, 15) is 22.8 Å². The largest absolute Gasteiger partial charge is 0.443 e. The number of hydrogen-bond acceptors (Lipinski definition) is 7. The molecule has 0 aromatic heterocycles. The molecule has 9 nitrogen and oxygen atoms in total. The van der Waals surface area contributed by atoms with Gasteiger partial charge in [0.25, 0.3) is 10.1 Å². The van der Waals surface area contributed by atoms with Gasteiger partial charge in [0.15, 0.2) is 0 Å². The number of nitrogens with two attached hydrogens (primary N) is 1. The highest BCUT2D eigenvalue weighted by atomic mass is 79.9. The number of imide groups is 1. The quantitative estimate of drug-likeness (QED) is 0.494. The van der Waals surface area contributed by atoms with E-state index in [0.717, 1.165) is 11.2 Å². The van der Waals surface area contributed by atoms with Gasteiger partial charge in [-0.1, -0.05) is 15.9 Å². The van der Waals surface area contributed by atoms with Crippen LogP contribution in [0.5, 0.6) is 0 Å². The second-order valence-electron chi connectivity index (χ2n) is 7.24. The van der Waals surface area contributed by atoms with Crippen LogP contribution in [0.1, 0.15) is 27.2 Å². The average molecular weight is 441 g/mol. The van der Waals surface area contributed by atoms with E-state index in [0.29, 0.717) is 0 Å². The van der Waals surface area contributed by atoms with Gasteiger partial charge >= 0.3 is 6.09 Å². The summed E-state index contributed by atoms with van der Waals surface area (Å²) in [6.07, 6.45) is -1.12. The third kappa shape index (κ3) is 4.14. The van der Waals surface area contributed by atoms with Gasteiger partial charge in [0.05, 0.1) is 29.0 Å². The van der Waals surface area contributed by atoms with Crippen LogP contribution in [0.2, 0.25) is 0 Å². The van der Waals surface area contributed by atoms with E-state index in [-0.39, 0.29) is 6.42 Å². The van der Waals surface area contributed by atoms with E-state index in [1.165, 1.54) is 0 Å². The van der Waals surface area contributed by atoms with Crippen LogP contribution in [0.4, 0.5) is 4.79 Å². The van der Waals surface area contributed by atoms with Crippen molar-refractivity contribution in [2.45, 2.75) is 49.8 Å². The molecule has 1 saturated carbocycles. The Morgan fingerprint density at radius 3 is 2.32 bits per heavy atom. The number of hydrogen-bond donors (Lipinski definition) is 1. The number of ether oxygens (including phenoxy) is 1. The van der Waals surface area contributed by atoms with Crippen molar-refractivity contribution in [3.8, 4) is 0 Å². The van der Waals surface area contributed by atoms with Crippen LogP contribution in [-0.4, -0.2) is 60.1 Å². The maximum absolute atomic E-state index is 12.6. The molecule has 1 aliphatic carbocycles. The van der Waals surface area contributed by atoms with Gasteiger partial charge in [0.1, 0.15) is 11.7 Å². The van der Waals surface area contributed by atoms with Gasteiger partial charge < -0.3 is 10.5 Å². The van der Waals surface area contributed by atoms with Crippen molar-refractivity contribution in [2.24, 2.45) is 17.6 Å². The van der Waals surface area contributed by atoms with Crippen LogP contribution in [-0.2, 0) is 28.6 Å². The number of piperidine rings is 2. The molecular formula is C14H21BrN2O7S. The average Bonchev–Trinajstić information content (AvgIpc) is 2.38. The van der Waals surface area contributed by atoms with Gasteiger partial charge in [-0.3, -0.25) is 13.8 Å². The van der Waals surface area contributed by atoms with Crippen molar-refractivity contribution in [1.82, 2.24) is 4.90 Å². The Morgan fingerprint density at radius 1 is 1.32 bits per heavy atom. The first kappa shape index (κ1) is 20.1. The van der Waals surface area contributed by atoms with Gasteiger partial charge in [-0.15, -0.1) is 0 Å². The monoisotopic (exact) mass is 440 g/mol. The lowest BCUT2D eigenvalue weighted by Crippen LogP contribution is -2.71. The summed E-state index contributed by atoms with van der Waals surface area (Å²) in [6.45, 7) is 4.88. The molecule has 2 bridgehead atoms. The Labute approximate surface area is 154 Å². The summed E-state index contributed by atoms with van der Waals surface area (Å²) in [6, 6.07) is -1.16. The summed E-state index contributed by atoms with van der Waals surface area (Å²) in [5.74, 6) is -3.04. The van der Waals surface area contributed by atoms with E-state index in [1.807, 2.05) is 0 Å². The Kier molecular flexibility index (Phi) is 5.24. The third-order valence-electron chi connectivity index (χ3n) is 4.05. The van der Waals surface area contributed by atoms with E-state index in [4.69, 9.17) is 14.7 Å². The minimum atomic E-state index is -3.90. The number of carbonyl (C=O) groups excluding carboxylic acids is 3. The number of fused-ring (bicyclic) bond motifs is 3. The molecule has 2 heterocycles. The summed E-state index contributed by atoms with van der Waals surface area (Å²) < 4.78 is 33.5. The minimum Gasteiger partial charge on any atom is -0.443 e. The predicted molar refractivity (Wildman–Crippen MR) is 90.1 cm³/mol. The molecule has 2 N–H and O–H groups in total. The zero-order valence-electron chi connectivity index (χ0n) is 14.3. The normalized spacial score (nSPS) is 32.6. The number of halogens is 1. The molecule has 25 heavy (non-hydrogen) atoms. The molecule has 3 rings (SSSR count). The number of carbonyl (C=O) groups is 3. The Balaban J connectivity index is 2.46. The van der Waals surface area contributed by atoms with Crippen molar-refractivity contribution in [3.05, 3.63) is 0 Å². The van der Waals surface area contributed by atoms with Crippen LogP contribution in [0.25, 0.3) is 0 Å². The zero-order chi connectivity index (χ0) is 19.3. The van der Waals surface area contributed by atoms with E-state index in [1.54, 1.807) is 20.8 Å². The maximum atomic E-state index is 12.6. The Hall–Kier alpha value is -1.20. The molecule has 142 valence electrons. The molecule has 0 spiro atoms. The van der Waals surface area contributed by atoms with Crippen LogP contribution >= 0.6 is 15.9 Å². The lowest BCUT2D eigenvalue weighted by Gasteiger charge is -2.52. The van der Waals surface area contributed by atoms with Crippen molar-refractivity contribution in [2.75, 3.05) is 6.26 Å². The molecule has 2 aliphatic heterocycles. The van der Waals surface area contributed by atoms with Crippen molar-refractivity contribution >= 4 is 44.0 Å². The number of amides is 3. The standard InChI is InChI=1S/C14H21BrN2O7S/c1-14(2,3)23-13(20)17-9-7(11(16)18)5-6(12(17)19)8(15)10(9)24-25(4,21)22/h6-10H,5H2,1-4H3,(H2,16,18). The lowest BCUT2D eigenvalue weighted by molar-refractivity contribution is -0.159. The summed E-state index contributed by atoms with van der Waals surface area (Å²) in [7, 11) is -3.90. The highest BCUT2D eigenvalue weighted by Gasteiger charge is 2.61. The Morgan fingerprint density at radius 2 is 1.88 bits per heavy atom. The molecule has 11 heteroatoms. The minimum absolute atomic E-state index is 0.109. The van der Waals surface area contributed by atoms with E-state index < -0.39 is 62.4 Å².